The Kier molecular flexibility index (Phi) is 6.70. The highest BCUT2D eigenvalue weighted by Gasteiger charge is 2.13. The smallest absolute Gasteiger partial charge is 0.262 e. The molecule has 0 saturated heterocycles. The number of nitrogens with zero attached hydrogens (tertiary/aromatic N) is 1. The molecule has 2 amide bonds. The third-order valence-corrected chi connectivity index (χ3v) is 4.20. The summed E-state index contributed by atoms with van der Waals surface area (Å²) in [7, 11) is 3.32. The number of halogens is 3. The molecule has 0 aliphatic rings. The fraction of sp³-hybridized carbons (Fsp3) is 0.176. The normalized spacial score (nSPS) is 10.3. The van der Waals surface area contributed by atoms with Crippen LogP contribution in [0.2, 0.25) is 10.0 Å². The molecule has 5 nitrogen and oxygen atoms in total. The van der Waals surface area contributed by atoms with Crippen LogP contribution in [0.4, 0.5) is 5.69 Å². The highest BCUT2D eigenvalue weighted by molar-refractivity contribution is 9.10. The van der Waals surface area contributed by atoms with E-state index in [-0.39, 0.29) is 18.4 Å². The summed E-state index contributed by atoms with van der Waals surface area (Å²) in [4.78, 5) is 25.5. The van der Waals surface area contributed by atoms with Gasteiger partial charge in [-0.1, -0.05) is 29.3 Å². The lowest BCUT2D eigenvalue weighted by atomic mass is 10.2. The van der Waals surface area contributed by atoms with Gasteiger partial charge in [0.2, 0.25) is 0 Å². The van der Waals surface area contributed by atoms with Crippen molar-refractivity contribution in [1.29, 1.82) is 0 Å². The summed E-state index contributed by atoms with van der Waals surface area (Å²) in [5.41, 5.74) is 0.981. The van der Waals surface area contributed by atoms with Crippen LogP contribution in [-0.4, -0.2) is 37.4 Å². The maximum atomic E-state index is 12.1. The van der Waals surface area contributed by atoms with Crippen LogP contribution in [0.1, 0.15) is 10.4 Å². The first-order chi connectivity index (χ1) is 11.8. The van der Waals surface area contributed by atoms with Crippen LogP contribution in [0, 0.1) is 0 Å². The summed E-state index contributed by atoms with van der Waals surface area (Å²) < 4.78 is 6.00. The monoisotopic (exact) mass is 444 g/mol. The van der Waals surface area contributed by atoms with Crippen molar-refractivity contribution in [3.8, 4) is 5.75 Å². The zero-order valence-electron chi connectivity index (χ0n) is 13.5. The SMILES string of the molecule is CN(C)C(=O)c1cccc(NC(=O)COc2c(Cl)cc(Cl)cc2Br)c1. The molecule has 2 aromatic carbocycles. The number of nitrogens with one attached hydrogen (secondary N) is 1. The second-order valence-electron chi connectivity index (χ2n) is 5.32. The van der Waals surface area contributed by atoms with Gasteiger partial charge in [0.15, 0.2) is 12.4 Å². The van der Waals surface area contributed by atoms with E-state index in [0.29, 0.717) is 31.5 Å². The maximum absolute atomic E-state index is 12.1. The zero-order valence-corrected chi connectivity index (χ0v) is 16.6. The second-order valence-corrected chi connectivity index (χ2v) is 7.01. The predicted octanol–water partition coefficient (Wildman–Crippen LogP) is 4.48. The van der Waals surface area contributed by atoms with Crippen molar-refractivity contribution in [3.63, 3.8) is 0 Å². The van der Waals surface area contributed by atoms with E-state index in [1.807, 2.05) is 0 Å². The molecule has 0 saturated carbocycles. The Morgan fingerprint density at radius 3 is 2.56 bits per heavy atom. The minimum Gasteiger partial charge on any atom is -0.481 e. The molecule has 0 fully saturated rings. The van der Waals surface area contributed by atoms with Crippen molar-refractivity contribution in [2.75, 3.05) is 26.0 Å². The Morgan fingerprint density at radius 2 is 1.92 bits per heavy atom. The number of hydrogen-bond acceptors (Lipinski definition) is 3. The van der Waals surface area contributed by atoms with Crippen LogP contribution in [0.15, 0.2) is 40.9 Å². The van der Waals surface area contributed by atoms with Gasteiger partial charge in [-0.2, -0.15) is 0 Å². The Labute approximate surface area is 164 Å². The average Bonchev–Trinajstić information content (AvgIpc) is 2.53. The molecule has 2 rings (SSSR count). The van der Waals surface area contributed by atoms with Gasteiger partial charge in [0.1, 0.15) is 0 Å². The standard InChI is InChI=1S/C17H15BrCl2N2O3/c1-22(2)17(24)10-4-3-5-12(6-10)21-15(23)9-25-16-13(18)7-11(19)8-14(16)20/h3-8H,9H2,1-2H3,(H,21,23). The molecular formula is C17H15BrCl2N2O3. The van der Waals surface area contributed by atoms with Crippen molar-refractivity contribution in [2.45, 2.75) is 0 Å². The molecular weight excluding hydrogens is 431 g/mol. The van der Waals surface area contributed by atoms with Crippen molar-refractivity contribution in [1.82, 2.24) is 4.90 Å². The summed E-state index contributed by atoms with van der Waals surface area (Å²) in [6.07, 6.45) is 0. The third-order valence-electron chi connectivity index (χ3n) is 3.11. The number of carbonyl (C=O) groups is 2. The lowest BCUT2D eigenvalue weighted by Gasteiger charge is -2.13. The van der Waals surface area contributed by atoms with Crippen molar-refractivity contribution in [2.24, 2.45) is 0 Å². The highest BCUT2D eigenvalue weighted by atomic mass is 79.9. The minimum absolute atomic E-state index is 0.149. The number of carbonyl (C=O) groups excluding carboxylic acids is 2. The number of anilines is 1. The van der Waals surface area contributed by atoms with Gasteiger partial charge in [-0.15, -0.1) is 0 Å². The molecule has 0 heterocycles. The van der Waals surface area contributed by atoms with Crippen molar-refractivity contribution >= 4 is 56.6 Å². The molecule has 1 N–H and O–H groups in total. The Morgan fingerprint density at radius 1 is 1.20 bits per heavy atom. The summed E-state index contributed by atoms with van der Waals surface area (Å²) in [5, 5.41) is 3.43. The predicted molar refractivity (Wildman–Crippen MR) is 103 cm³/mol. The number of hydrogen-bond donors (Lipinski definition) is 1. The largest absolute Gasteiger partial charge is 0.481 e. The van der Waals surface area contributed by atoms with Crippen LogP contribution in [0.25, 0.3) is 0 Å². The molecule has 132 valence electrons. The van der Waals surface area contributed by atoms with E-state index < -0.39 is 0 Å². The van der Waals surface area contributed by atoms with Gasteiger partial charge >= 0.3 is 0 Å². The topological polar surface area (TPSA) is 58.6 Å². The van der Waals surface area contributed by atoms with Crippen LogP contribution in [0.3, 0.4) is 0 Å². The number of amides is 2. The van der Waals surface area contributed by atoms with Crippen LogP contribution >= 0.6 is 39.1 Å². The summed E-state index contributed by atoms with van der Waals surface area (Å²) in [6.45, 7) is -0.244. The summed E-state index contributed by atoms with van der Waals surface area (Å²) in [6, 6.07) is 9.81. The highest BCUT2D eigenvalue weighted by Crippen LogP contribution is 2.36. The average molecular weight is 446 g/mol. The summed E-state index contributed by atoms with van der Waals surface area (Å²) >= 11 is 15.2. The number of ether oxygens (including phenoxy) is 1. The Hall–Kier alpha value is -1.76. The van der Waals surface area contributed by atoms with Crippen molar-refractivity contribution in [3.05, 3.63) is 56.5 Å². The van der Waals surface area contributed by atoms with E-state index >= 15 is 0 Å². The summed E-state index contributed by atoms with van der Waals surface area (Å²) in [5.74, 6) is -0.200. The molecule has 0 unspecified atom stereocenters. The molecule has 0 bridgehead atoms. The van der Waals surface area contributed by atoms with Gasteiger partial charge in [-0.25, -0.2) is 0 Å². The van der Waals surface area contributed by atoms with Gasteiger partial charge in [-0.3, -0.25) is 9.59 Å². The van der Waals surface area contributed by atoms with E-state index in [1.165, 1.54) is 11.0 Å². The second kappa shape index (κ2) is 8.56. The van der Waals surface area contributed by atoms with E-state index in [0.717, 1.165) is 0 Å². The number of rotatable bonds is 5. The van der Waals surface area contributed by atoms with Gasteiger partial charge in [0.25, 0.3) is 11.8 Å². The molecule has 2 aromatic rings. The fourth-order valence-electron chi connectivity index (χ4n) is 1.99. The van der Waals surface area contributed by atoms with Crippen LogP contribution in [-0.2, 0) is 4.79 Å². The van der Waals surface area contributed by atoms with Crippen LogP contribution in [0.5, 0.6) is 5.75 Å². The van der Waals surface area contributed by atoms with E-state index in [1.54, 1.807) is 44.4 Å². The lowest BCUT2D eigenvalue weighted by Crippen LogP contribution is -2.23. The quantitative estimate of drug-likeness (QED) is 0.738. The third kappa shape index (κ3) is 5.36. The fourth-order valence-corrected chi connectivity index (χ4v) is 3.36. The van der Waals surface area contributed by atoms with E-state index in [4.69, 9.17) is 27.9 Å². The molecule has 0 aromatic heterocycles. The number of benzene rings is 2. The first kappa shape index (κ1) is 19.6. The minimum atomic E-state index is -0.382. The molecule has 0 atom stereocenters. The van der Waals surface area contributed by atoms with Gasteiger partial charge in [-0.05, 0) is 46.3 Å². The first-order valence-electron chi connectivity index (χ1n) is 7.17. The molecule has 0 radical (unpaired) electrons. The molecule has 8 heteroatoms. The van der Waals surface area contributed by atoms with E-state index in [9.17, 15) is 9.59 Å². The van der Waals surface area contributed by atoms with Gasteiger partial charge < -0.3 is 15.0 Å². The van der Waals surface area contributed by atoms with Crippen molar-refractivity contribution < 1.29 is 14.3 Å². The zero-order chi connectivity index (χ0) is 18.6. The Balaban J connectivity index is 2.02. The van der Waals surface area contributed by atoms with Gasteiger partial charge in [0, 0.05) is 30.4 Å². The molecule has 25 heavy (non-hydrogen) atoms. The Bertz CT molecular complexity index is 789. The van der Waals surface area contributed by atoms with Gasteiger partial charge in [0.05, 0.1) is 9.50 Å². The van der Waals surface area contributed by atoms with E-state index in [2.05, 4.69) is 21.2 Å². The maximum Gasteiger partial charge on any atom is 0.262 e. The molecule has 0 aliphatic heterocycles. The molecule has 0 spiro atoms. The first-order valence-corrected chi connectivity index (χ1v) is 8.71. The van der Waals surface area contributed by atoms with Crippen LogP contribution < -0.4 is 10.1 Å². The molecule has 0 aliphatic carbocycles. The lowest BCUT2D eigenvalue weighted by molar-refractivity contribution is -0.118.